The smallest absolute Gasteiger partial charge is 0.323 e. The molecule has 1 atom stereocenters. The molecule has 1 aliphatic heterocycles. The quantitative estimate of drug-likeness (QED) is 0.825. The highest BCUT2D eigenvalue weighted by Gasteiger charge is 2.36. The van der Waals surface area contributed by atoms with Crippen LogP contribution in [0.2, 0.25) is 0 Å². The second kappa shape index (κ2) is 5.58. The highest BCUT2D eigenvalue weighted by molar-refractivity contribution is 7.91. The average Bonchev–Trinajstić information content (AvgIpc) is 2.76. The lowest BCUT2D eigenvalue weighted by atomic mass is 10.2. The molecule has 1 aliphatic rings. The van der Waals surface area contributed by atoms with Crippen LogP contribution in [0.4, 0.5) is 0 Å². The van der Waals surface area contributed by atoms with E-state index in [2.05, 4.69) is 4.98 Å². The third kappa shape index (κ3) is 3.32. The molecule has 1 aromatic rings. The summed E-state index contributed by atoms with van der Waals surface area (Å²) in [5.74, 6) is -1.96. The van der Waals surface area contributed by atoms with Crippen LogP contribution in [-0.2, 0) is 14.6 Å². The van der Waals surface area contributed by atoms with E-state index >= 15 is 0 Å². The van der Waals surface area contributed by atoms with E-state index in [4.69, 9.17) is 5.11 Å². The van der Waals surface area contributed by atoms with Gasteiger partial charge in [-0.1, -0.05) is 6.07 Å². The second-order valence-electron chi connectivity index (χ2n) is 4.60. The number of carboxylic acids is 1. The van der Waals surface area contributed by atoms with Crippen LogP contribution in [0.1, 0.15) is 16.9 Å². The predicted molar refractivity (Wildman–Crippen MR) is 70.0 cm³/mol. The molecule has 2 heterocycles. The van der Waals surface area contributed by atoms with Crippen LogP contribution in [-0.4, -0.2) is 59.4 Å². The highest BCUT2D eigenvalue weighted by Crippen LogP contribution is 2.19. The van der Waals surface area contributed by atoms with Gasteiger partial charge in [-0.2, -0.15) is 0 Å². The van der Waals surface area contributed by atoms with E-state index in [1.54, 1.807) is 12.1 Å². The summed E-state index contributed by atoms with van der Waals surface area (Å²) < 4.78 is 23.0. The first-order valence-electron chi connectivity index (χ1n) is 6.03. The van der Waals surface area contributed by atoms with Crippen molar-refractivity contribution < 1.29 is 23.1 Å². The predicted octanol–water partition coefficient (Wildman–Crippen LogP) is -0.204. The van der Waals surface area contributed by atoms with Gasteiger partial charge in [-0.3, -0.25) is 14.6 Å². The number of carboxylic acid groups (broad SMARTS) is 1. The molecule has 7 nitrogen and oxygen atoms in total. The van der Waals surface area contributed by atoms with E-state index in [1.807, 2.05) is 0 Å². The van der Waals surface area contributed by atoms with Crippen LogP contribution in [0.25, 0.3) is 0 Å². The van der Waals surface area contributed by atoms with Gasteiger partial charge in [0.25, 0.3) is 5.91 Å². The molecular formula is C12H14N2O5S. The Balaban J connectivity index is 2.24. The zero-order chi connectivity index (χ0) is 14.8. The van der Waals surface area contributed by atoms with Crippen molar-refractivity contribution in [2.24, 2.45) is 0 Å². The minimum absolute atomic E-state index is 0.0245. The Morgan fingerprint density at radius 1 is 1.40 bits per heavy atom. The van der Waals surface area contributed by atoms with Crippen molar-refractivity contribution >= 4 is 21.7 Å². The summed E-state index contributed by atoms with van der Waals surface area (Å²) in [5, 5.41) is 8.91. The maximum absolute atomic E-state index is 12.3. The lowest BCUT2D eigenvalue weighted by molar-refractivity contribution is -0.138. The van der Waals surface area contributed by atoms with Gasteiger partial charge in [0, 0.05) is 12.2 Å². The molecule has 0 bridgehead atoms. The fraction of sp³-hybridized carbons (Fsp3) is 0.417. The van der Waals surface area contributed by atoms with Crippen molar-refractivity contribution in [1.29, 1.82) is 0 Å². The van der Waals surface area contributed by atoms with Gasteiger partial charge in [0.15, 0.2) is 9.84 Å². The normalized spacial score (nSPS) is 20.5. The minimum Gasteiger partial charge on any atom is -0.480 e. The summed E-state index contributed by atoms with van der Waals surface area (Å²) in [4.78, 5) is 28.1. The summed E-state index contributed by atoms with van der Waals surface area (Å²) in [6.07, 6.45) is 1.69. The van der Waals surface area contributed by atoms with Gasteiger partial charge in [0.05, 0.1) is 11.5 Å². The number of carbonyl (C=O) groups is 2. The standard InChI is InChI=1S/C12H14N2O5S/c15-11(16)7-14(9-4-6-20(18,19)8-9)12(17)10-3-1-2-5-13-10/h1-3,5,9H,4,6-8H2,(H,15,16). The third-order valence-corrected chi connectivity index (χ3v) is 4.85. The summed E-state index contributed by atoms with van der Waals surface area (Å²) in [7, 11) is -3.20. The lowest BCUT2D eigenvalue weighted by Crippen LogP contribution is -2.44. The van der Waals surface area contributed by atoms with Crippen LogP contribution in [0, 0.1) is 0 Å². The first-order chi connectivity index (χ1) is 9.39. The van der Waals surface area contributed by atoms with E-state index in [0.29, 0.717) is 0 Å². The van der Waals surface area contributed by atoms with Gasteiger partial charge in [0.1, 0.15) is 12.2 Å². The van der Waals surface area contributed by atoms with Crippen LogP contribution in [0.5, 0.6) is 0 Å². The van der Waals surface area contributed by atoms with E-state index in [1.165, 1.54) is 12.3 Å². The maximum atomic E-state index is 12.3. The van der Waals surface area contributed by atoms with Crippen molar-refractivity contribution in [2.75, 3.05) is 18.1 Å². The van der Waals surface area contributed by atoms with Gasteiger partial charge in [-0.05, 0) is 18.6 Å². The minimum atomic E-state index is -3.20. The number of pyridine rings is 1. The number of rotatable bonds is 4. The van der Waals surface area contributed by atoms with E-state index < -0.39 is 34.3 Å². The molecule has 1 fully saturated rings. The maximum Gasteiger partial charge on any atom is 0.323 e. The van der Waals surface area contributed by atoms with Crippen LogP contribution >= 0.6 is 0 Å². The number of nitrogens with zero attached hydrogens (tertiary/aromatic N) is 2. The van der Waals surface area contributed by atoms with E-state index in [-0.39, 0.29) is 23.6 Å². The molecular weight excluding hydrogens is 284 g/mol. The number of amides is 1. The Hall–Kier alpha value is -1.96. The average molecular weight is 298 g/mol. The summed E-state index contributed by atoms with van der Waals surface area (Å²) in [6.45, 7) is -0.532. The zero-order valence-electron chi connectivity index (χ0n) is 10.6. The molecule has 2 rings (SSSR count). The Bertz CT molecular complexity index is 614. The Kier molecular flexibility index (Phi) is 4.03. The first-order valence-corrected chi connectivity index (χ1v) is 7.85. The molecule has 1 amide bonds. The first kappa shape index (κ1) is 14.4. The Morgan fingerprint density at radius 2 is 2.15 bits per heavy atom. The summed E-state index contributed by atoms with van der Waals surface area (Å²) >= 11 is 0. The Morgan fingerprint density at radius 3 is 2.65 bits per heavy atom. The molecule has 1 aromatic heterocycles. The number of aliphatic carboxylic acids is 1. The SMILES string of the molecule is O=C(O)CN(C(=O)c1ccccn1)C1CCS(=O)(=O)C1. The van der Waals surface area contributed by atoms with Gasteiger partial charge < -0.3 is 10.0 Å². The van der Waals surface area contributed by atoms with Crippen LogP contribution < -0.4 is 0 Å². The van der Waals surface area contributed by atoms with Crippen molar-refractivity contribution in [3.8, 4) is 0 Å². The Labute approximate surface area is 116 Å². The number of hydrogen-bond acceptors (Lipinski definition) is 5. The van der Waals surface area contributed by atoms with Crippen LogP contribution in [0.15, 0.2) is 24.4 Å². The van der Waals surface area contributed by atoms with Gasteiger partial charge >= 0.3 is 5.97 Å². The molecule has 1 unspecified atom stereocenters. The fourth-order valence-corrected chi connectivity index (χ4v) is 3.90. The monoisotopic (exact) mass is 298 g/mol. The number of sulfone groups is 1. The van der Waals surface area contributed by atoms with E-state index in [0.717, 1.165) is 4.90 Å². The number of hydrogen-bond donors (Lipinski definition) is 1. The number of aromatic nitrogens is 1. The summed E-state index contributed by atoms with van der Waals surface area (Å²) in [6, 6.07) is 4.12. The molecule has 8 heteroatoms. The molecule has 0 saturated carbocycles. The molecule has 0 aromatic carbocycles. The van der Waals surface area contributed by atoms with Gasteiger partial charge in [-0.25, -0.2) is 8.42 Å². The summed E-state index contributed by atoms with van der Waals surface area (Å²) in [5.41, 5.74) is 0.109. The zero-order valence-corrected chi connectivity index (χ0v) is 11.4. The molecule has 1 N–H and O–H groups in total. The van der Waals surface area contributed by atoms with Crippen molar-refractivity contribution in [1.82, 2.24) is 9.88 Å². The molecule has 0 radical (unpaired) electrons. The lowest BCUT2D eigenvalue weighted by Gasteiger charge is -2.26. The third-order valence-electron chi connectivity index (χ3n) is 3.10. The number of carbonyl (C=O) groups excluding carboxylic acids is 1. The van der Waals surface area contributed by atoms with Crippen LogP contribution in [0.3, 0.4) is 0 Å². The highest BCUT2D eigenvalue weighted by atomic mass is 32.2. The van der Waals surface area contributed by atoms with Crippen molar-refractivity contribution in [2.45, 2.75) is 12.5 Å². The van der Waals surface area contributed by atoms with Gasteiger partial charge in [0.2, 0.25) is 0 Å². The van der Waals surface area contributed by atoms with Crippen molar-refractivity contribution in [3.63, 3.8) is 0 Å². The fourth-order valence-electron chi connectivity index (χ4n) is 2.17. The largest absolute Gasteiger partial charge is 0.480 e. The molecule has 108 valence electrons. The van der Waals surface area contributed by atoms with Gasteiger partial charge in [-0.15, -0.1) is 0 Å². The molecule has 0 aliphatic carbocycles. The van der Waals surface area contributed by atoms with E-state index in [9.17, 15) is 18.0 Å². The topological polar surface area (TPSA) is 105 Å². The molecule has 0 spiro atoms. The molecule has 20 heavy (non-hydrogen) atoms. The van der Waals surface area contributed by atoms with Crippen molar-refractivity contribution in [3.05, 3.63) is 30.1 Å². The molecule has 1 saturated heterocycles. The second-order valence-corrected chi connectivity index (χ2v) is 6.83.